The number of carbonyl (C=O) groups excluding carboxylic acids is 3. The van der Waals surface area contributed by atoms with Gasteiger partial charge in [0.2, 0.25) is 5.91 Å². The molecular formula is C33H47N5O4. The maximum atomic E-state index is 13.3. The lowest BCUT2D eigenvalue weighted by molar-refractivity contribution is -0.157. The normalized spacial score (nSPS) is 18.5. The van der Waals surface area contributed by atoms with E-state index in [0.29, 0.717) is 31.8 Å². The van der Waals surface area contributed by atoms with Crippen molar-refractivity contribution in [2.45, 2.75) is 85.0 Å². The first-order valence-corrected chi connectivity index (χ1v) is 15.0. The minimum Gasteiger partial charge on any atom is -0.457 e. The summed E-state index contributed by atoms with van der Waals surface area (Å²) < 4.78 is 5.81. The van der Waals surface area contributed by atoms with Gasteiger partial charge in [0, 0.05) is 24.7 Å². The summed E-state index contributed by atoms with van der Waals surface area (Å²) >= 11 is 0. The monoisotopic (exact) mass is 577 g/mol. The van der Waals surface area contributed by atoms with Crippen molar-refractivity contribution in [3.8, 4) is 0 Å². The van der Waals surface area contributed by atoms with Gasteiger partial charge in [-0.3, -0.25) is 24.4 Å². The van der Waals surface area contributed by atoms with Crippen LogP contribution in [0.2, 0.25) is 0 Å². The third-order valence-electron chi connectivity index (χ3n) is 7.74. The molecular weight excluding hydrogens is 530 g/mol. The fourth-order valence-corrected chi connectivity index (χ4v) is 5.11. The number of allylic oxidation sites excluding steroid dienone is 1. The molecule has 2 aromatic rings. The molecule has 1 aliphatic heterocycles. The minimum atomic E-state index is -0.758. The lowest BCUT2D eigenvalue weighted by atomic mass is 10.0. The molecule has 1 aliphatic rings. The number of fused-ring (bicyclic) bond motifs is 1. The van der Waals surface area contributed by atoms with E-state index in [1.165, 1.54) is 5.01 Å². The van der Waals surface area contributed by atoms with Crippen LogP contribution < -0.4 is 16.1 Å². The van der Waals surface area contributed by atoms with E-state index >= 15 is 0 Å². The lowest BCUT2D eigenvalue weighted by Crippen LogP contribution is -2.60. The molecule has 1 aromatic heterocycles. The van der Waals surface area contributed by atoms with Crippen LogP contribution in [0.5, 0.6) is 0 Å². The van der Waals surface area contributed by atoms with Gasteiger partial charge < -0.3 is 15.4 Å². The lowest BCUT2D eigenvalue weighted by Gasteiger charge is -2.35. The Hall–Kier alpha value is -3.56. The van der Waals surface area contributed by atoms with Gasteiger partial charge in [0.25, 0.3) is 5.91 Å². The molecule has 3 rings (SSSR count). The number of nitrogens with zero attached hydrogens (tertiary/aromatic N) is 2. The van der Waals surface area contributed by atoms with Gasteiger partial charge in [-0.2, -0.15) is 0 Å². The van der Waals surface area contributed by atoms with Gasteiger partial charge in [0.15, 0.2) is 0 Å². The summed E-state index contributed by atoms with van der Waals surface area (Å²) in [6, 6.07) is 5.96. The van der Waals surface area contributed by atoms with Crippen LogP contribution in [0.4, 0.5) is 0 Å². The van der Waals surface area contributed by atoms with E-state index < -0.39 is 30.2 Å². The van der Waals surface area contributed by atoms with Crippen molar-refractivity contribution in [1.29, 1.82) is 0 Å². The zero-order valence-electron chi connectivity index (χ0n) is 25.9. The number of aromatic nitrogens is 1. The Labute approximate surface area is 250 Å². The van der Waals surface area contributed by atoms with Gasteiger partial charge in [-0.1, -0.05) is 51.6 Å². The second-order valence-corrected chi connectivity index (χ2v) is 11.4. The fraction of sp³-hybridized carbons (Fsp3) is 0.515. The molecule has 0 saturated carbocycles. The topological polar surface area (TPSA) is 113 Å². The number of ether oxygens (including phenoxy) is 1. The van der Waals surface area contributed by atoms with E-state index in [2.05, 4.69) is 40.6 Å². The number of benzene rings is 1. The van der Waals surface area contributed by atoms with Crippen LogP contribution in [0.15, 0.2) is 49.2 Å². The summed E-state index contributed by atoms with van der Waals surface area (Å²) in [6.45, 7) is 16.5. The number of amides is 2. The Kier molecular flexibility index (Phi) is 12.2. The van der Waals surface area contributed by atoms with Crippen LogP contribution in [-0.2, 0) is 19.1 Å². The van der Waals surface area contributed by atoms with E-state index in [9.17, 15) is 14.4 Å². The molecule has 0 bridgehead atoms. The Morgan fingerprint density at radius 3 is 2.62 bits per heavy atom. The zero-order valence-corrected chi connectivity index (χ0v) is 25.9. The highest BCUT2D eigenvalue weighted by Crippen LogP contribution is 2.24. The molecule has 1 saturated heterocycles. The highest BCUT2D eigenvalue weighted by Gasteiger charge is 2.33. The molecule has 0 aliphatic carbocycles. The smallest absolute Gasteiger partial charge is 0.325 e. The zero-order chi connectivity index (χ0) is 30.8. The van der Waals surface area contributed by atoms with E-state index in [1.807, 2.05) is 58.0 Å². The van der Waals surface area contributed by atoms with Crippen molar-refractivity contribution in [1.82, 2.24) is 26.1 Å². The van der Waals surface area contributed by atoms with Gasteiger partial charge in [-0.15, -0.1) is 0 Å². The van der Waals surface area contributed by atoms with Crippen LogP contribution in [0.1, 0.15) is 78.2 Å². The van der Waals surface area contributed by atoms with Crippen molar-refractivity contribution in [2.75, 3.05) is 13.1 Å². The number of rotatable bonds is 13. The summed E-state index contributed by atoms with van der Waals surface area (Å²) in [5.41, 5.74) is 4.67. The van der Waals surface area contributed by atoms with E-state index in [-0.39, 0.29) is 17.7 Å². The summed E-state index contributed by atoms with van der Waals surface area (Å²) in [7, 11) is 0. The number of pyridine rings is 1. The number of hydrazine groups is 1. The Morgan fingerprint density at radius 1 is 1.19 bits per heavy atom. The molecule has 3 N–H and O–H groups in total. The van der Waals surface area contributed by atoms with Gasteiger partial charge in [0.1, 0.15) is 18.2 Å². The molecule has 5 atom stereocenters. The van der Waals surface area contributed by atoms with Crippen LogP contribution in [0, 0.1) is 11.8 Å². The third-order valence-corrected chi connectivity index (χ3v) is 7.74. The molecule has 1 aromatic carbocycles. The van der Waals surface area contributed by atoms with Gasteiger partial charge in [-0.05, 0) is 81.0 Å². The fourth-order valence-electron chi connectivity index (χ4n) is 5.11. The second-order valence-electron chi connectivity index (χ2n) is 11.4. The largest absolute Gasteiger partial charge is 0.457 e. The Morgan fingerprint density at radius 2 is 1.95 bits per heavy atom. The Bertz CT molecular complexity index is 1280. The first kappa shape index (κ1) is 32.9. The average Bonchev–Trinajstić information content (AvgIpc) is 2.99. The van der Waals surface area contributed by atoms with Crippen molar-refractivity contribution >= 4 is 34.6 Å². The number of hydrogen-bond donors (Lipinski definition) is 3. The third kappa shape index (κ3) is 8.72. The quantitative estimate of drug-likeness (QED) is 0.234. The number of carbonyl (C=O) groups is 3. The van der Waals surface area contributed by atoms with E-state index in [4.69, 9.17) is 4.74 Å². The van der Waals surface area contributed by atoms with Gasteiger partial charge in [0.05, 0.1) is 11.7 Å². The van der Waals surface area contributed by atoms with Crippen molar-refractivity contribution in [3.63, 3.8) is 0 Å². The predicted molar refractivity (Wildman–Crippen MR) is 167 cm³/mol. The minimum absolute atomic E-state index is 0.0490. The van der Waals surface area contributed by atoms with Crippen molar-refractivity contribution in [2.24, 2.45) is 11.8 Å². The molecule has 9 nitrogen and oxygen atoms in total. The number of nitrogens with one attached hydrogen (secondary N) is 3. The molecule has 2 heterocycles. The highest BCUT2D eigenvalue weighted by atomic mass is 16.5. The van der Waals surface area contributed by atoms with E-state index in [1.54, 1.807) is 19.2 Å². The Balaban J connectivity index is 1.57. The molecule has 1 fully saturated rings. The van der Waals surface area contributed by atoms with Crippen LogP contribution in [0.3, 0.4) is 0 Å². The summed E-state index contributed by atoms with van der Waals surface area (Å²) in [5.74, 6) is -0.544. The van der Waals surface area contributed by atoms with Crippen molar-refractivity contribution in [3.05, 3.63) is 60.5 Å². The van der Waals surface area contributed by atoms with Crippen LogP contribution in [0.25, 0.3) is 16.8 Å². The molecule has 42 heavy (non-hydrogen) atoms. The van der Waals surface area contributed by atoms with Crippen LogP contribution in [-0.4, -0.2) is 59.0 Å². The second kappa shape index (κ2) is 15.6. The van der Waals surface area contributed by atoms with Gasteiger partial charge in [-0.25, -0.2) is 5.43 Å². The highest BCUT2D eigenvalue weighted by molar-refractivity contribution is 5.90. The van der Waals surface area contributed by atoms with Gasteiger partial charge >= 0.3 is 5.97 Å². The molecule has 0 radical (unpaired) electrons. The first-order chi connectivity index (χ1) is 20.1. The molecule has 0 spiro atoms. The molecule has 228 valence electrons. The van der Waals surface area contributed by atoms with Crippen molar-refractivity contribution < 1.29 is 19.1 Å². The predicted octanol–water partition coefficient (Wildman–Crippen LogP) is 4.70. The molecule has 2 amide bonds. The number of esters is 1. The standard InChI is InChI=1S/C33H47N5O4/c1-8-12-24(9-2)19-35-30(21(4)5)31(39)36-22(6)32(40)38-16-11-13-29(37-38)33(41)42-23(7)25-14-15-26-20-34-28(10-3)18-27(26)17-25/h8,10,12,14-15,17-18,20-24,29-30,35,37H,3,9,11,13,16,19H2,1-2,4-7H3,(H,36,39). The summed E-state index contributed by atoms with van der Waals surface area (Å²) in [6.07, 6.45) is 9.32. The SMILES string of the molecule is C=Cc1cc2cc(C(C)OC(=O)C3CCCN(C(=O)C(C)NC(=O)C(NCC(C=CC)CC)C(C)C)N3)ccc2cn1. The van der Waals surface area contributed by atoms with Crippen LogP contribution >= 0.6 is 0 Å². The summed E-state index contributed by atoms with van der Waals surface area (Å²) in [4.78, 5) is 43.8. The maximum absolute atomic E-state index is 13.3. The van der Waals surface area contributed by atoms with E-state index in [0.717, 1.165) is 28.5 Å². The maximum Gasteiger partial charge on any atom is 0.325 e. The molecule has 5 unspecified atom stereocenters. The average molecular weight is 578 g/mol. The summed E-state index contributed by atoms with van der Waals surface area (Å²) in [5, 5.41) is 9.66. The first-order valence-electron chi connectivity index (χ1n) is 15.0. The number of hydrogen-bond acceptors (Lipinski definition) is 7. The molecule has 9 heteroatoms.